The van der Waals surface area contributed by atoms with Crippen molar-refractivity contribution in [2.24, 2.45) is 0 Å². The molecular formula is C36H27ClF2N6O3S. The summed E-state index contributed by atoms with van der Waals surface area (Å²) in [5.74, 6) is -0.862. The lowest BCUT2D eigenvalue weighted by atomic mass is 9.93. The number of pyridine rings is 2. The van der Waals surface area contributed by atoms with E-state index >= 15 is 0 Å². The molecule has 2 atom stereocenters. The van der Waals surface area contributed by atoms with Crippen LogP contribution in [0.4, 0.5) is 14.6 Å². The molecule has 0 spiro atoms. The van der Waals surface area contributed by atoms with E-state index in [1.165, 1.54) is 29.5 Å². The molecule has 1 amide bonds. The fourth-order valence-corrected chi connectivity index (χ4v) is 9.03. The van der Waals surface area contributed by atoms with Gasteiger partial charge in [-0.05, 0) is 90.9 Å². The first kappa shape index (κ1) is 30.1. The molecule has 1 saturated heterocycles. The molecule has 4 aromatic heterocycles. The fraction of sp³-hybridized carbons (Fsp3) is 0.250. The van der Waals surface area contributed by atoms with Crippen molar-refractivity contribution in [3.05, 3.63) is 116 Å². The van der Waals surface area contributed by atoms with Crippen LogP contribution in [0.25, 0.3) is 32.0 Å². The van der Waals surface area contributed by atoms with Crippen LogP contribution >= 0.6 is 22.9 Å². The Morgan fingerprint density at radius 1 is 1.04 bits per heavy atom. The summed E-state index contributed by atoms with van der Waals surface area (Å²) in [6, 6.07) is 13.2. The molecule has 9 rings (SSSR count). The predicted octanol–water partition coefficient (Wildman–Crippen LogP) is 7.81. The largest absolute Gasteiger partial charge is 0.434 e. The number of amides is 1. The van der Waals surface area contributed by atoms with Crippen molar-refractivity contribution in [2.75, 3.05) is 11.9 Å². The van der Waals surface area contributed by atoms with Gasteiger partial charge in [-0.1, -0.05) is 29.8 Å². The SMILES string of the molecule is O=C1c2c(nc(CCc3ccc(F)cc3)c(-c3n[nH]c(=O)o3)c2-c2cc3ccnc(NC4CCc5c4ccc(F)c5Cl)c3s2)C2CCCN12. The second-order valence-electron chi connectivity index (χ2n) is 12.6. The highest BCUT2D eigenvalue weighted by atomic mass is 35.5. The maximum atomic E-state index is 14.2. The minimum absolute atomic E-state index is 0.0462. The zero-order valence-corrected chi connectivity index (χ0v) is 27.4. The average Bonchev–Trinajstić information content (AvgIpc) is 3.94. The number of aromatic nitrogens is 4. The Balaban J connectivity index is 1.21. The molecule has 49 heavy (non-hydrogen) atoms. The van der Waals surface area contributed by atoms with E-state index in [4.69, 9.17) is 26.0 Å². The van der Waals surface area contributed by atoms with E-state index in [0.717, 1.165) is 50.9 Å². The Morgan fingerprint density at radius 2 is 1.90 bits per heavy atom. The van der Waals surface area contributed by atoms with Gasteiger partial charge in [0.2, 0.25) is 0 Å². The summed E-state index contributed by atoms with van der Waals surface area (Å²) in [5, 5.41) is 11.2. The molecule has 6 heterocycles. The number of anilines is 1. The molecule has 246 valence electrons. The van der Waals surface area contributed by atoms with Crippen molar-refractivity contribution in [3.8, 4) is 21.9 Å². The second-order valence-corrected chi connectivity index (χ2v) is 14.1. The first-order chi connectivity index (χ1) is 23.8. The summed E-state index contributed by atoms with van der Waals surface area (Å²) in [6.07, 6.45) is 5.78. The van der Waals surface area contributed by atoms with E-state index in [0.29, 0.717) is 59.7 Å². The molecule has 2 aromatic carbocycles. The lowest BCUT2D eigenvalue weighted by molar-refractivity contribution is 0.0776. The van der Waals surface area contributed by atoms with E-state index in [2.05, 4.69) is 15.5 Å². The highest BCUT2D eigenvalue weighted by molar-refractivity contribution is 7.23. The average molecular weight is 697 g/mol. The Kier molecular flexibility index (Phi) is 7.13. The number of rotatable bonds is 7. The first-order valence-electron chi connectivity index (χ1n) is 16.1. The van der Waals surface area contributed by atoms with Crippen LogP contribution in [0.1, 0.15) is 69.8 Å². The van der Waals surface area contributed by atoms with Crippen LogP contribution in [0, 0.1) is 11.6 Å². The molecule has 6 aromatic rings. The number of fused-ring (bicyclic) bond motifs is 5. The normalized spacial score (nSPS) is 17.9. The number of nitrogens with one attached hydrogen (secondary N) is 2. The van der Waals surface area contributed by atoms with E-state index in [-0.39, 0.29) is 34.7 Å². The first-order valence-corrected chi connectivity index (χ1v) is 17.3. The molecule has 0 saturated carbocycles. The number of nitrogens with zero attached hydrogens (tertiary/aromatic N) is 4. The molecule has 9 nitrogen and oxygen atoms in total. The maximum absolute atomic E-state index is 14.2. The van der Waals surface area contributed by atoms with Crippen molar-refractivity contribution in [1.29, 1.82) is 0 Å². The third-order valence-electron chi connectivity index (χ3n) is 9.84. The quantitative estimate of drug-likeness (QED) is 0.175. The third kappa shape index (κ3) is 4.95. The van der Waals surface area contributed by atoms with Gasteiger partial charge in [-0.2, -0.15) is 0 Å². The van der Waals surface area contributed by atoms with Gasteiger partial charge >= 0.3 is 5.76 Å². The molecular weight excluding hydrogens is 670 g/mol. The highest BCUT2D eigenvalue weighted by Gasteiger charge is 2.45. The van der Waals surface area contributed by atoms with Crippen LogP contribution < -0.4 is 11.1 Å². The van der Waals surface area contributed by atoms with Crippen LogP contribution in [0.3, 0.4) is 0 Å². The Labute approximate surface area is 287 Å². The smallest absolute Gasteiger partial charge is 0.388 e. The molecule has 2 unspecified atom stereocenters. The number of carbonyl (C=O) groups is 1. The van der Waals surface area contributed by atoms with Gasteiger partial charge in [0.25, 0.3) is 11.8 Å². The van der Waals surface area contributed by atoms with Crippen LogP contribution in [0.5, 0.6) is 0 Å². The highest BCUT2D eigenvalue weighted by Crippen LogP contribution is 2.50. The molecule has 3 aliphatic rings. The Morgan fingerprint density at radius 3 is 2.71 bits per heavy atom. The number of halogens is 3. The standard InChI is InChI=1S/C36H27ClF2N6O3S/c37-30-21-9-12-23(20(21)8-10-22(30)39)42-33-32-18(13-14-40-33)16-26(49-32)28-27(34-43-44-36(47)48-34)24(11-5-17-3-6-19(38)7-4-17)41-31-25-2-1-15-45(25)35(46)29(28)31/h3-4,6-8,10,13-14,16,23,25H,1-2,5,9,11-12,15H2,(H,40,42)(H,44,47). The molecule has 13 heteroatoms. The number of carbonyl (C=O) groups excluding carboxylic acids is 1. The summed E-state index contributed by atoms with van der Waals surface area (Å²) in [6.45, 7) is 0.637. The number of hydrogen-bond acceptors (Lipinski definition) is 8. The van der Waals surface area contributed by atoms with E-state index in [1.54, 1.807) is 24.4 Å². The summed E-state index contributed by atoms with van der Waals surface area (Å²) in [4.78, 5) is 38.9. The van der Waals surface area contributed by atoms with Gasteiger partial charge in [-0.3, -0.25) is 9.78 Å². The number of benzene rings is 2. The predicted molar refractivity (Wildman–Crippen MR) is 182 cm³/mol. The minimum atomic E-state index is -0.721. The number of thiophene rings is 1. The van der Waals surface area contributed by atoms with Gasteiger partial charge in [0.1, 0.15) is 17.5 Å². The van der Waals surface area contributed by atoms with Crippen LogP contribution in [-0.4, -0.2) is 37.5 Å². The Hall–Kier alpha value is -4.94. The monoisotopic (exact) mass is 696 g/mol. The summed E-state index contributed by atoms with van der Waals surface area (Å²) >= 11 is 7.78. The van der Waals surface area contributed by atoms with Gasteiger partial charge in [0.15, 0.2) is 0 Å². The molecule has 1 fully saturated rings. The second kappa shape index (κ2) is 11.6. The van der Waals surface area contributed by atoms with E-state index in [9.17, 15) is 18.4 Å². The fourth-order valence-electron chi connectivity index (χ4n) is 7.60. The van der Waals surface area contributed by atoms with Gasteiger partial charge in [-0.25, -0.2) is 23.7 Å². The van der Waals surface area contributed by atoms with Crippen LogP contribution in [-0.2, 0) is 19.3 Å². The Bertz CT molecular complexity index is 2370. The van der Waals surface area contributed by atoms with Crippen molar-refractivity contribution in [1.82, 2.24) is 25.1 Å². The zero-order valence-electron chi connectivity index (χ0n) is 25.9. The topological polar surface area (TPSA) is 117 Å². The summed E-state index contributed by atoms with van der Waals surface area (Å²) in [7, 11) is 0. The van der Waals surface area contributed by atoms with Crippen molar-refractivity contribution in [2.45, 2.75) is 50.6 Å². The van der Waals surface area contributed by atoms with E-state index < -0.39 is 11.6 Å². The number of aryl methyl sites for hydroxylation is 2. The molecule has 2 aliphatic heterocycles. The molecule has 2 N–H and O–H groups in total. The van der Waals surface area contributed by atoms with Crippen molar-refractivity contribution >= 4 is 44.7 Å². The van der Waals surface area contributed by atoms with Gasteiger partial charge in [0.05, 0.1) is 44.3 Å². The van der Waals surface area contributed by atoms with Crippen molar-refractivity contribution < 1.29 is 18.0 Å². The third-order valence-corrected chi connectivity index (χ3v) is 11.4. The van der Waals surface area contributed by atoms with Crippen LogP contribution in [0.2, 0.25) is 5.02 Å². The molecule has 1 aliphatic carbocycles. The summed E-state index contributed by atoms with van der Waals surface area (Å²) in [5.41, 5.74) is 5.61. The van der Waals surface area contributed by atoms with Crippen LogP contribution in [0.15, 0.2) is 63.9 Å². The molecule has 0 radical (unpaired) electrons. The summed E-state index contributed by atoms with van der Waals surface area (Å²) < 4.78 is 34.3. The number of hydrogen-bond donors (Lipinski definition) is 2. The van der Waals surface area contributed by atoms with Gasteiger partial charge in [-0.15, -0.1) is 16.4 Å². The zero-order chi connectivity index (χ0) is 33.4. The number of aromatic amines is 1. The lowest BCUT2D eigenvalue weighted by Crippen LogP contribution is -2.22. The maximum Gasteiger partial charge on any atom is 0.434 e. The van der Waals surface area contributed by atoms with Gasteiger partial charge < -0.3 is 14.6 Å². The number of H-pyrrole nitrogens is 1. The van der Waals surface area contributed by atoms with Crippen molar-refractivity contribution in [3.63, 3.8) is 0 Å². The minimum Gasteiger partial charge on any atom is -0.388 e. The lowest BCUT2D eigenvalue weighted by Gasteiger charge is -2.16. The van der Waals surface area contributed by atoms with E-state index in [1.807, 2.05) is 17.0 Å². The van der Waals surface area contributed by atoms with Gasteiger partial charge in [0, 0.05) is 23.2 Å². The molecule has 0 bridgehead atoms.